The number of hydrogen-bond acceptors (Lipinski definition) is 11. The molecule has 278 valence electrons. The zero-order chi connectivity index (χ0) is 38.1. The second-order valence-electron chi connectivity index (χ2n) is 11.8. The van der Waals surface area contributed by atoms with E-state index in [-0.39, 0.29) is 47.3 Å². The summed E-state index contributed by atoms with van der Waals surface area (Å²) in [6.07, 6.45) is 3.56. The minimum absolute atomic E-state index is 0.0366. The predicted molar refractivity (Wildman–Crippen MR) is 203 cm³/mol. The molecule has 1 heterocycles. The topological polar surface area (TPSA) is 133 Å². The van der Waals surface area contributed by atoms with E-state index < -0.39 is 5.43 Å². The molecule has 0 aliphatic rings. The molecule has 0 spiro atoms. The Hall–Kier alpha value is -6.30. The van der Waals surface area contributed by atoms with Crippen molar-refractivity contribution in [1.82, 2.24) is 0 Å². The summed E-state index contributed by atoms with van der Waals surface area (Å²) in [7, 11) is 9.00. The van der Waals surface area contributed by atoms with Gasteiger partial charge in [-0.2, -0.15) is 0 Å². The summed E-state index contributed by atoms with van der Waals surface area (Å²) in [6.45, 7) is 4.36. The van der Waals surface area contributed by atoms with E-state index >= 15 is 0 Å². The van der Waals surface area contributed by atoms with Crippen molar-refractivity contribution >= 4 is 28.6 Å². The van der Waals surface area contributed by atoms with Gasteiger partial charge in [-0.15, -0.1) is 0 Å². The number of hydrogen-bond donors (Lipinski definition) is 1. The third-order valence-electron chi connectivity index (χ3n) is 8.46. The fraction of sp³-hybridized carbons (Fsp3) is 0.268. The monoisotopic (exact) mass is 725 g/mol. The van der Waals surface area contributed by atoms with Gasteiger partial charge in [-0.05, 0) is 73.0 Å². The molecule has 0 bridgehead atoms. The molecule has 0 aliphatic carbocycles. The fourth-order valence-electron chi connectivity index (χ4n) is 5.55. The van der Waals surface area contributed by atoms with E-state index in [1.165, 1.54) is 41.6 Å². The number of carbonyl (C=O) groups excluding carboxylic acids is 1. The molecule has 1 N–H and O–H groups in total. The lowest BCUT2D eigenvalue weighted by Crippen LogP contribution is -2.14. The normalized spacial score (nSPS) is 10.9. The fourth-order valence-corrected chi connectivity index (χ4v) is 5.55. The van der Waals surface area contributed by atoms with Gasteiger partial charge in [0.2, 0.25) is 22.8 Å². The van der Waals surface area contributed by atoms with Crippen LogP contribution in [0.25, 0.3) is 28.4 Å². The van der Waals surface area contributed by atoms with Crippen LogP contribution in [0.1, 0.15) is 23.1 Å². The Kier molecular flexibility index (Phi) is 12.4. The third-order valence-corrected chi connectivity index (χ3v) is 8.46. The van der Waals surface area contributed by atoms with Gasteiger partial charge in [0.1, 0.15) is 22.5 Å². The highest BCUT2D eigenvalue weighted by Crippen LogP contribution is 2.44. The smallest absolute Gasteiger partial charge is 0.248 e. The van der Waals surface area contributed by atoms with Gasteiger partial charge in [0.25, 0.3) is 0 Å². The summed E-state index contributed by atoms with van der Waals surface area (Å²) < 4.78 is 51.6. The highest BCUT2D eigenvalue weighted by molar-refractivity contribution is 6.02. The standard InChI is InChI=1S/C41H43NO11/c1-24-10-13-28(18-25(24)2)42-36(43)15-12-26-11-14-30(31(19-26)46-4)51-16-9-17-52-41-38(44)37-32(47-5)22-29(45-3)23-33(37)53-39(41)27-20-34(48-6)40(50-8)35(21-27)49-7/h10-15,18-23H,9,16-17H2,1-8H3,(H,42,43)/b15-12+. The van der Waals surface area contributed by atoms with Crippen molar-refractivity contribution in [3.63, 3.8) is 0 Å². The maximum absolute atomic E-state index is 14.1. The Bertz CT molecular complexity index is 2160. The van der Waals surface area contributed by atoms with E-state index in [0.29, 0.717) is 46.5 Å². The molecule has 5 aromatic rings. The maximum atomic E-state index is 14.1. The van der Waals surface area contributed by atoms with Crippen LogP contribution in [-0.4, -0.2) is 61.8 Å². The number of benzene rings is 4. The Morgan fingerprint density at radius 2 is 1.38 bits per heavy atom. The molecule has 0 aliphatic heterocycles. The van der Waals surface area contributed by atoms with Gasteiger partial charge in [-0.25, -0.2) is 0 Å². The Morgan fingerprint density at radius 3 is 2.02 bits per heavy atom. The number of fused-ring (bicyclic) bond motifs is 1. The van der Waals surface area contributed by atoms with Crippen LogP contribution in [0.3, 0.4) is 0 Å². The summed E-state index contributed by atoms with van der Waals surface area (Å²) in [4.78, 5) is 26.6. The van der Waals surface area contributed by atoms with Crippen molar-refractivity contribution in [3.8, 4) is 57.3 Å². The molecule has 0 saturated heterocycles. The molecular weight excluding hydrogens is 682 g/mol. The van der Waals surface area contributed by atoms with Gasteiger partial charge >= 0.3 is 0 Å². The molecule has 4 aromatic carbocycles. The van der Waals surface area contributed by atoms with Crippen LogP contribution in [0.15, 0.2) is 76.0 Å². The molecular formula is C41H43NO11. The number of aryl methyl sites for hydroxylation is 2. The SMILES string of the molecule is COc1cc(OC)c2c(=O)c(OCCCOc3ccc(/C=C/C(=O)Nc4ccc(C)c(C)c4)cc3OC)c(-c3cc(OC)c(OC)c(OC)c3)oc2c1. The van der Waals surface area contributed by atoms with Gasteiger partial charge in [0, 0.05) is 35.9 Å². The molecule has 0 atom stereocenters. The van der Waals surface area contributed by atoms with E-state index in [9.17, 15) is 9.59 Å². The summed E-state index contributed by atoms with van der Waals surface area (Å²) in [5.74, 6) is 2.67. The van der Waals surface area contributed by atoms with E-state index in [1.54, 1.807) is 49.6 Å². The van der Waals surface area contributed by atoms with Crippen LogP contribution in [0.4, 0.5) is 5.69 Å². The highest BCUT2D eigenvalue weighted by atomic mass is 16.5. The lowest BCUT2D eigenvalue weighted by atomic mass is 10.1. The lowest BCUT2D eigenvalue weighted by Gasteiger charge is -2.17. The van der Waals surface area contributed by atoms with Gasteiger partial charge < -0.3 is 47.6 Å². The summed E-state index contributed by atoms with van der Waals surface area (Å²) in [5, 5.41) is 3.07. The molecule has 53 heavy (non-hydrogen) atoms. The average molecular weight is 726 g/mol. The first kappa shape index (κ1) is 37.9. The van der Waals surface area contributed by atoms with Gasteiger partial charge in [-0.3, -0.25) is 9.59 Å². The van der Waals surface area contributed by atoms with E-state index in [4.69, 9.17) is 42.3 Å². The quantitative estimate of drug-likeness (QED) is 0.0795. The Labute approximate surface area is 307 Å². The van der Waals surface area contributed by atoms with Gasteiger partial charge in [0.15, 0.2) is 28.8 Å². The Morgan fingerprint density at radius 1 is 0.679 bits per heavy atom. The van der Waals surface area contributed by atoms with Crippen LogP contribution >= 0.6 is 0 Å². The minimum atomic E-state index is -0.441. The van der Waals surface area contributed by atoms with Crippen LogP contribution in [-0.2, 0) is 4.79 Å². The first-order valence-corrected chi connectivity index (χ1v) is 16.7. The molecule has 5 rings (SSSR count). The summed E-state index contributed by atoms with van der Waals surface area (Å²) >= 11 is 0. The predicted octanol–water partition coefficient (Wildman–Crippen LogP) is 7.63. The highest BCUT2D eigenvalue weighted by Gasteiger charge is 2.24. The van der Waals surface area contributed by atoms with E-state index in [0.717, 1.165) is 22.4 Å². The molecule has 0 radical (unpaired) electrons. The zero-order valence-corrected chi connectivity index (χ0v) is 31.0. The van der Waals surface area contributed by atoms with Crippen LogP contribution in [0.5, 0.6) is 46.0 Å². The maximum Gasteiger partial charge on any atom is 0.248 e. The lowest BCUT2D eigenvalue weighted by molar-refractivity contribution is -0.111. The molecule has 0 unspecified atom stereocenters. The Balaban J connectivity index is 1.33. The number of anilines is 1. The number of methoxy groups -OCH3 is 6. The van der Waals surface area contributed by atoms with E-state index in [1.807, 2.05) is 38.1 Å². The average Bonchev–Trinajstić information content (AvgIpc) is 3.17. The minimum Gasteiger partial charge on any atom is -0.496 e. The molecule has 1 amide bonds. The van der Waals surface area contributed by atoms with Crippen molar-refractivity contribution in [3.05, 3.63) is 93.7 Å². The van der Waals surface area contributed by atoms with Crippen LogP contribution in [0, 0.1) is 13.8 Å². The van der Waals surface area contributed by atoms with Crippen molar-refractivity contribution in [2.45, 2.75) is 20.3 Å². The van der Waals surface area contributed by atoms with Crippen molar-refractivity contribution in [2.24, 2.45) is 0 Å². The number of carbonyl (C=O) groups is 1. The second kappa shape index (κ2) is 17.3. The van der Waals surface area contributed by atoms with Crippen molar-refractivity contribution < 1.29 is 47.1 Å². The molecule has 12 nitrogen and oxygen atoms in total. The number of ether oxygens (including phenoxy) is 8. The summed E-state index contributed by atoms with van der Waals surface area (Å²) in [5.41, 5.74) is 3.98. The van der Waals surface area contributed by atoms with E-state index in [2.05, 4.69) is 5.32 Å². The summed E-state index contributed by atoms with van der Waals surface area (Å²) in [6, 6.07) is 17.7. The second-order valence-corrected chi connectivity index (χ2v) is 11.8. The number of amides is 1. The van der Waals surface area contributed by atoms with Crippen LogP contribution < -0.4 is 48.6 Å². The van der Waals surface area contributed by atoms with Crippen molar-refractivity contribution in [2.75, 3.05) is 61.2 Å². The molecule has 12 heteroatoms. The number of nitrogens with one attached hydrogen (secondary N) is 1. The first-order valence-electron chi connectivity index (χ1n) is 16.7. The third kappa shape index (κ3) is 8.61. The van der Waals surface area contributed by atoms with Crippen LogP contribution in [0.2, 0.25) is 0 Å². The number of rotatable bonds is 16. The molecule has 1 aromatic heterocycles. The van der Waals surface area contributed by atoms with Gasteiger partial charge in [0.05, 0.1) is 55.9 Å². The molecule has 0 saturated carbocycles. The zero-order valence-electron chi connectivity index (χ0n) is 31.0. The molecule has 0 fully saturated rings. The largest absolute Gasteiger partial charge is 0.496 e. The first-order chi connectivity index (χ1) is 25.6. The van der Waals surface area contributed by atoms with Crippen molar-refractivity contribution in [1.29, 1.82) is 0 Å². The van der Waals surface area contributed by atoms with Gasteiger partial charge in [-0.1, -0.05) is 12.1 Å².